The smallest absolute Gasteiger partial charge is 0.306 e. The summed E-state index contributed by atoms with van der Waals surface area (Å²) >= 11 is 0. The van der Waals surface area contributed by atoms with Crippen LogP contribution < -0.4 is 5.11 Å². The lowest BCUT2D eigenvalue weighted by molar-refractivity contribution is -0.929. The van der Waals surface area contributed by atoms with Crippen LogP contribution in [0.4, 0.5) is 0 Å². The zero-order chi connectivity index (χ0) is 30.9. The first kappa shape index (κ1) is 39.1. The Bertz CT molecular complexity index is 662. The number of carboxylic acids is 3. The Balaban J connectivity index is 4.55. The zero-order valence-electron chi connectivity index (χ0n) is 26.9. The van der Waals surface area contributed by atoms with Crippen molar-refractivity contribution in [3.8, 4) is 0 Å². The van der Waals surface area contributed by atoms with Gasteiger partial charge in [-0.3, -0.25) is 9.59 Å². The number of allylic oxidation sites excluding steroid dienone is 2. The highest BCUT2D eigenvalue weighted by molar-refractivity contribution is 5.69. The quantitative estimate of drug-likeness (QED) is 0.0547. The van der Waals surface area contributed by atoms with E-state index in [1.54, 1.807) is 20.8 Å². The first-order valence-electron chi connectivity index (χ1n) is 16.7. The molecule has 0 fully saturated rings. The normalized spacial score (nSPS) is 15.4. The van der Waals surface area contributed by atoms with Gasteiger partial charge in [0.2, 0.25) is 0 Å². The second-order valence-corrected chi connectivity index (χ2v) is 12.6. The topological polar surface area (TPSA) is 115 Å². The van der Waals surface area contributed by atoms with Crippen molar-refractivity contribution in [3.05, 3.63) is 12.2 Å². The van der Waals surface area contributed by atoms with Gasteiger partial charge < -0.3 is 24.6 Å². The van der Waals surface area contributed by atoms with Crippen LogP contribution in [0, 0.1) is 17.8 Å². The van der Waals surface area contributed by atoms with Crippen molar-refractivity contribution in [2.24, 2.45) is 17.8 Å². The molecular formula is C34H63NO6. The molecular weight excluding hydrogens is 518 g/mol. The van der Waals surface area contributed by atoms with E-state index in [-0.39, 0.29) is 0 Å². The van der Waals surface area contributed by atoms with Gasteiger partial charge >= 0.3 is 11.9 Å². The first-order chi connectivity index (χ1) is 19.5. The SMILES string of the molecule is CC/C=C/CCCCCCCCCCCCCCC[N+](CCC(C)C(=O)[O-])(CCC(C)C(=O)O)CCC(C)C(=O)O. The van der Waals surface area contributed by atoms with Crippen molar-refractivity contribution in [2.45, 2.75) is 143 Å². The van der Waals surface area contributed by atoms with Crippen LogP contribution in [0.1, 0.15) is 143 Å². The maximum absolute atomic E-state index is 11.5. The first-order valence-corrected chi connectivity index (χ1v) is 16.7. The molecule has 3 atom stereocenters. The fourth-order valence-electron chi connectivity index (χ4n) is 5.38. The molecule has 7 nitrogen and oxygen atoms in total. The van der Waals surface area contributed by atoms with E-state index >= 15 is 0 Å². The number of carbonyl (C=O) groups excluding carboxylic acids is 1. The van der Waals surface area contributed by atoms with Gasteiger partial charge in [0.15, 0.2) is 0 Å². The second-order valence-electron chi connectivity index (χ2n) is 12.6. The van der Waals surface area contributed by atoms with Crippen LogP contribution in [0.3, 0.4) is 0 Å². The van der Waals surface area contributed by atoms with Gasteiger partial charge in [0.05, 0.1) is 38.0 Å². The molecule has 7 heteroatoms. The third-order valence-corrected chi connectivity index (χ3v) is 8.76. The van der Waals surface area contributed by atoms with E-state index in [2.05, 4.69) is 19.1 Å². The Hall–Kier alpha value is -1.89. The molecule has 0 bridgehead atoms. The minimum atomic E-state index is -1.07. The fourth-order valence-corrected chi connectivity index (χ4v) is 5.38. The maximum Gasteiger partial charge on any atom is 0.306 e. The number of aliphatic carboxylic acids is 3. The molecule has 0 aliphatic carbocycles. The third kappa shape index (κ3) is 21.5. The Kier molecular flexibility index (Phi) is 23.5. The average molecular weight is 582 g/mol. The average Bonchev–Trinajstić information content (AvgIpc) is 2.94. The van der Waals surface area contributed by atoms with Gasteiger partial charge in [-0.05, 0) is 32.1 Å². The Labute approximate surface area is 251 Å². The van der Waals surface area contributed by atoms with Gasteiger partial charge in [0.25, 0.3) is 0 Å². The van der Waals surface area contributed by atoms with Crippen LogP contribution in [0.25, 0.3) is 0 Å². The predicted octanol–water partition coefficient (Wildman–Crippen LogP) is 7.23. The molecule has 0 aliphatic rings. The van der Waals surface area contributed by atoms with Crippen LogP contribution in [0.2, 0.25) is 0 Å². The summed E-state index contributed by atoms with van der Waals surface area (Å²) in [7, 11) is 0. The van der Waals surface area contributed by atoms with E-state index < -0.39 is 35.7 Å². The molecule has 0 aromatic rings. The molecule has 0 aromatic heterocycles. The summed E-state index contributed by atoms with van der Waals surface area (Å²) in [5.41, 5.74) is 0. The van der Waals surface area contributed by atoms with Gasteiger partial charge in [-0.15, -0.1) is 0 Å². The molecule has 0 aliphatic heterocycles. The summed E-state index contributed by atoms with van der Waals surface area (Å²) in [6.45, 7) is 9.90. The second kappa shape index (κ2) is 24.7. The number of hydrogen-bond acceptors (Lipinski definition) is 4. The molecule has 0 aromatic carbocycles. The number of carbonyl (C=O) groups is 3. The fraction of sp³-hybridized carbons (Fsp3) is 0.853. The molecule has 0 radical (unpaired) electrons. The number of unbranched alkanes of at least 4 members (excludes halogenated alkanes) is 13. The van der Waals surface area contributed by atoms with E-state index in [1.807, 2.05) is 0 Å². The third-order valence-electron chi connectivity index (χ3n) is 8.76. The van der Waals surface area contributed by atoms with Crippen LogP contribution in [-0.4, -0.2) is 58.8 Å². The van der Waals surface area contributed by atoms with Gasteiger partial charge in [0.1, 0.15) is 0 Å². The molecule has 0 saturated carbocycles. The highest BCUT2D eigenvalue weighted by atomic mass is 16.4. The Morgan fingerprint density at radius 3 is 1.32 bits per heavy atom. The summed E-state index contributed by atoms with van der Waals surface area (Å²) in [5.74, 6) is -4.31. The van der Waals surface area contributed by atoms with Crippen molar-refractivity contribution in [3.63, 3.8) is 0 Å². The lowest BCUT2D eigenvalue weighted by Gasteiger charge is -2.41. The van der Waals surface area contributed by atoms with E-state index in [9.17, 15) is 29.7 Å². The Morgan fingerprint density at radius 1 is 0.585 bits per heavy atom. The summed E-state index contributed by atoms with van der Waals surface area (Å²) in [6.07, 6.45) is 24.8. The number of carboxylic acid groups (broad SMARTS) is 3. The molecule has 3 unspecified atom stereocenters. The van der Waals surface area contributed by atoms with Crippen molar-refractivity contribution in [2.75, 3.05) is 26.2 Å². The molecule has 0 amide bonds. The van der Waals surface area contributed by atoms with Crippen molar-refractivity contribution >= 4 is 17.9 Å². The highest BCUT2D eigenvalue weighted by Crippen LogP contribution is 2.22. The monoisotopic (exact) mass is 581 g/mol. The molecule has 0 spiro atoms. The van der Waals surface area contributed by atoms with E-state index in [0.29, 0.717) is 43.4 Å². The lowest BCUT2D eigenvalue weighted by Crippen LogP contribution is -2.52. The molecule has 2 N–H and O–H groups in total. The molecule has 240 valence electrons. The molecule has 0 saturated heterocycles. The largest absolute Gasteiger partial charge is 0.550 e. The van der Waals surface area contributed by atoms with Crippen molar-refractivity contribution < 1.29 is 34.2 Å². The minimum absolute atomic E-state index is 0.446. The van der Waals surface area contributed by atoms with Gasteiger partial charge in [-0.1, -0.05) is 104 Å². The summed E-state index contributed by atoms with van der Waals surface area (Å²) in [4.78, 5) is 34.3. The number of hydrogen-bond donors (Lipinski definition) is 2. The van der Waals surface area contributed by atoms with Crippen LogP contribution in [0.5, 0.6) is 0 Å². The molecule has 0 heterocycles. The minimum Gasteiger partial charge on any atom is -0.550 e. The maximum atomic E-state index is 11.5. The summed E-state index contributed by atoms with van der Waals surface area (Å²) < 4.78 is 0.586. The van der Waals surface area contributed by atoms with E-state index in [4.69, 9.17) is 0 Å². The lowest BCUT2D eigenvalue weighted by atomic mass is 10.0. The van der Waals surface area contributed by atoms with Crippen LogP contribution >= 0.6 is 0 Å². The van der Waals surface area contributed by atoms with Crippen LogP contribution in [0.15, 0.2) is 12.2 Å². The molecule has 0 rings (SSSR count). The van der Waals surface area contributed by atoms with Crippen LogP contribution in [-0.2, 0) is 14.4 Å². The summed E-state index contributed by atoms with van der Waals surface area (Å²) in [5, 5.41) is 30.2. The van der Waals surface area contributed by atoms with Gasteiger partial charge in [-0.25, -0.2) is 0 Å². The van der Waals surface area contributed by atoms with Gasteiger partial charge in [0, 0.05) is 31.1 Å². The van der Waals surface area contributed by atoms with Crippen molar-refractivity contribution in [1.82, 2.24) is 0 Å². The van der Waals surface area contributed by atoms with E-state index in [1.165, 1.54) is 77.0 Å². The van der Waals surface area contributed by atoms with Crippen molar-refractivity contribution in [1.29, 1.82) is 0 Å². The Morgan fingerprint density at radius 2 is 0.951 bits per heavy atom. The highest BCUT2D eigenvalue weighted by Gasteiger charge is 2.30. The number of nitrogens with zero attached hydrogens (tertiary/aromatic N) is 1. The summed E-state index contributed by atoms with van der Waals surface area (Å²) in [6, 6.07) is 0. The predicted molar refractivity (Wildman–Crippen MR) is 165 cm³/mol. The van der Waals surface area contributed by atoms with Gasteiger partial charge in [-0.2, -0.15) is 0 Å². The number of quaternary nitrogens is 1. The zero-order valence-corrected chi connectivity index (χ0v) is 26.9. The standard InChI is InChI=1S/C34H63NO6/c1-5-6-7-8-9-10-11-12-13-14-15-16-17-18-19-20-21-25-35(26-22-29(2)32(36)37,27-23-30(3)33(38)39)28-24-31(4)34(40)41/h6-7,29-31H,5,8-28H2,1-4H3,(H2-,36,37,38,39,40,41)/b7-6+. The van der Waals surface area contributed by atoms with E-state index in [0.717, 1.165) is 25.8 Å². The number of rotatable bonds is 29. The molecule has 41 heavy (non-hydrogen) atoms.